The van der Waals surface area contributed by atoms with E-state index in [1.165, 1.54) is 103 Å². The topological polar surface area (TPSA) is 0 Å². The average Bonchev–Trinajstić information content (AvgIpc) is 2.56. The first kappa shape index (κ1) is 20.5. The summed E-state index contributed by atoms with van der Waals surface area (Å²) in [5, 5.41) is 0. The third-order valence-corrected chi connectivity index (χ3v) is 5.24. The first-order chi connectivity index (χ1) is 11.3. The second-order valence-electron chi connectivity index (χ2n) is 7.75. The fraction of sp³-hybridized carbons (Fsp3) is 0.818. The molecule has 0 radical (unpaired) electrons. The van der Waals surface area contributed by atoms with Gasteiger partial charge in [-0.1, -0.05) is 90.0 Å². The third-order valence-electron chi connectivity index (χ3n) is 5.24. The van der Waals surface area contributed by atoms with Crippen molar-refractivity contribution in [1.82, 2.24) is 0 Å². The van der Waals surface area contributed by atoms with Crippen molar-refractivity contribution in [3.8, 4) is 0 Å². The summed E-state index contributed by atoms with van der Waals surface area (Å²) in [5.74, 6) is 0. The first-order valence-electron chi connectivity index (χ1n) is 10.5. The highest BCUT2D eigenvalue weighted by atomic mass is 15.3. The Morgan fingerprint density at radius 1 is 0.652 bits per heavy atom. The van der Waals surface area contributed by atoms with Gasteiger partial charge in [-0.25, -0.2) is 0 Å². The van der Waals surface area contributed by atoms with E-state index in [0.29, 0.717) is 0 Å². The molecule has 0 saturated heterocycles. The molecule has 0 spiro atoms. The number of quaternary nitrogens is 1. The van der Waals surface area contributed by atoms with E-state index in [4.69, 9.17) is 0 Å². The summed E-state index contributed by atoms with van der Waals surface area (Å²) in [4.78, 5) is 0. The van der Waals surface area contributed by atoms with Crippen LogP contribution in [-0.4, -0.2) is 24.6 Å². The molecule has 1 aliphatic heterocycles. The van der Waals surface area contributed by atoms with E-state index >= 15 is 0 Å². The molecule has 0 aromatic heterocycles. The van der Waals surface area contributed by atoms with Crippen LogP contribution in [0.3, 0.4) is 0 Å². The lowest BCUT2D eigenvalue weighted by Crippen LogP contribution is -2.40. The highest BCUT2D eigenvalue weighted by Gasteiger charge is 2.17. The zero-order valence-electron chi connectivity index (χ0n) is 16.1. The summed E-state index contributed by atoms with van der Waals surface area (Å²) in [6.07, 6.45) is 29.3. The zero-order valence-corrected chi connectivity index (χ0v) is 16.1. The van der Waals surface area contributed by atoms with E-state index in [2.05, 4.69) is 38.4 Å². The lowest BCUT2D eigenvalue weighted by Gasteiger charge is -2.30. The molecule has 0 N–H and O–H groups in total. The maximum absolute atomic E-state index is 2.35. The van der Waals surface area contributed by atoms with Crippen molar-refractivity contribution in [3.63, 3.8) is 0 Å². The summed E-state index contributed by atoms with van der Waals surface area (Å²) in [6.45, 7) is 4.78. The summed E-state index contributed by atoms with van der Waals surface area (Å²) < 4.78 is 1.11. The van der Waals surface area contributed by atoms with E-state index in [1.54, 1.807) is 0 Å². The van der Waals surface area contributed by atoms with Crippen LogP contribution in [0.15, 0.2) is 24.4 Å². The molecule has 1 heteroatoms. The monoisotopic (exact) mass is 320 g/mol. The van der Waals surface area contributed by atoms with Gasteiger partial charge in [-0.05, 0) is 25.0 Å². The van der Waals surface area contributed by atoms with E-state index in [-0.39, 0.29) is 0 Å². The summed E-state index contributed by atoms with van der Waals surface area (Å²) in [7, 11) is 2.35. The van der Waals surface area contributed by atoms with Crippen molar-refractivity contribution < 1.29 is 4.48 Å². The molecule has 0 aliphatic carbocycles. The van der Waals surface area contributed by atoms with Gasteiger partial charge >= 0.3 is 0 Å². The van der Waals surface area contributed by atoms with Gasteiger partial charge in [-0.3, -0.25) is 4.48 Å². The maximum atomic E-state index is 2.35. The van der Waals surface area contributed by atoms with Crippen LogP contribution in [0.5, 0.6) is 0 Å². The van der Waals surface area contributed by atoms with Crippen LogP contribution < -0.4 is 0 Å². The quantitative estimate of drug-likeness (QED) is 0.225. The van der Waals surface area contributed by atoms with Crippen LogP contribution in [0.2, 0.25) is 0 Å². The van der Waals surface area contributed by atoms with E-state index in [0.717, 1.165) is 4.48 Å². The van der Waals surface area contributed by atoms with Crippen LogP contribution >= 0.6 is 0 Å². The highest BCUT2D eigenvalue weighted by Crippen LogP contribution is 2.15. The minimum Gasteiger partial charge on any atom is -0.296 e. The summed E-state index contributed by atoms with van der Waals surface area (Å²) >= 11 is 0. The van der Waals surface area contributed by atoms with E-state index < -0.39 is 0 Å². The molecule has 134 valence electrons. The van der Waals surface area contributed by atoms with Gasteiger partial charge in [0.25, 0.3) is 0 Å². The Bertz CT molecular complexity index is 318. The predicted molar refractivity (Wildman–Crippen MR) is 105 cm³/mol. The molecular formula is C22H42N+. The number of allylic oxidation sites excluding steroid dienone is 2. The molecule has 1 aliphatic rings. The number of rotatable bonds is 15. The third kappa shape index (κ3) is 11.6. The van der Waals surface area contributed by atoms with Crippen LogP contribution in [-0.2, 0) is 0 Å². The molecular weight excluding hydrogens is 278 g/mol. The molecule has 1 nitrogen and oxygen atoms in total. The number of hydrogen-bond donors (Lipinski definition) is 0. The molecule has 0 amide bonds. The van der Waals surface area contributed by atoms with Gasteiger partial charge in [-0.2, -0.15) is 0 Å². The van der Waals surface area contributed by atoms with E-state index in [1.807, 2.05) is 0 Å². The fourth-order valence-electron chi connectivity index (χ4n) is 3.53. The van der Waals surface area contributed by atoms with Gasteiger partial charge in [0.05, 0.1) is 19.8 Å². The molecule has 1 atom stereocenters. The van der Waals surface area contributed by atoms with Crippen LogP contribution in [0, 0.1) is 0 Å². The molecule has 1 rings (SSSR count). The Hall–Kier alpha value is -0.560. The Kier molecular flexibility index (Phi) is 12.3. The van der Waals surface area contributed by atoms with Crippen LogP contribution in [0.4, 0.5) is 0 Å². The number of likely N-dealkylation sites (N-methyl/N-ethyl adjacent to an activating group) is 1. The minimum absolute atomic E-state index is 1.11. The van der Waals surface area contributed by atoms with E-state index in [9.17, 15) is 0 Å². The van der Waals surface area contributed by atoms with Gasteiger partial charge in [0, 0.05) is 0 Å². The second kappa shape index (κ2) is 13.8. The molecule has 0 fully saturated rings. The zero-order chi connectivity index (χ0) is 16.6. The van der Waals surface area contributed by atoms with Gasteiger partial charge < -0.3 is 0 Å². The average molecular weight is 321 g/mol. The fourth-order valence-corrected chi connectivity index (χ4v) is 3.53. The summed E-state index contributed by atoms with van der Waals surface area (Å²) in [6, 6.07) is 0. The van der Waals surface area contributed by atoms with Crippen LogP contribution in [0.1, 0.15) is 96.8 Å². The maximum Gasteiger partial charge on any atom is 0.102 e. The highest BCUT2D eigenvalue weighted by molar-refractivity contribution is 5.03. The van der Waals surface area contributed by atoms with Crippen molar-refractivity contribution in [2.75, 3.05) is 20.1 Å². The summed E-state index contributed by atoms with van der Waals surface area (Å²) in [5.41, 5.74) is 0. The predicted octanol–water partition coefficient (Wildman–Crippen LogP) is 7.00. The molecule has 0 saturated carbocycles. The lowest BCUT2D eigenvalue weighted by atomic mass is 10.0. The Morgan fingerprint density at radius 3 is 1.57 bits per heavy atom. The standard InChI is InChI=1S/C22H42N/c1-3-4-5-6-7-8-9-10-11-12-13-14-15-17-20-23(2)21-18-16-19-22-23/h16,18-19,21H,3-15,17,20,22H2,1-2H3/q+1. The number of hydrogen-bond acceptors (Lipinski definition) is 0. The molecule has 0 aromatic carbocycles. The van der Waals surface area contributed by atoms with Gasteiger partial charge in [-0.15, -0.1) is 0 Å². The van der Waals surface area contributed by atoms with Crippen molar-refractivity contribution in [2.45, 2.75) is 96.8 Å². The molecule has 0 bridgehead atoms. The van der Waals surface area contributed by atoms with Gasteiger partial charge in [0.1, 0.15) is 6.54 Å². The van der Waals surface area contributed by atoms with Crippen molar-refractivity contribution in [3.05, 3.63) is 24.4 Å². The SMILES string of the molecule is CCCCCCCCCCCCCCCC[N+]1(C)C=CC=CC1. The smallest absolute Gasteiger partial charge is 0.102 e. The van der Waals surface area contributed by atoms with Gasteiger partial charge in [0.2, 0.25) is 0 Å². The normalized spacial score (nSPS) is 20.3. The minimum atomic E-state index is 1.11. The molecule has 1 unspecified atom stereocenters. The Balaban J connectivity index is 1.76. The number of unbranched alkanes of at least 4 members (excludes halogenated alkanes) is 13. The van der Waals surface area contributed by atoms with Crippen molar-refractivity contribution >= 4 is 0 Å². The lowest BCUT2D eigenvalue weighted by molar-refractivity contribution is -0.854. The Morgan fingerprint density at radius 2 is 1.13 bits per heavy atom. The number of nitrogens with zero attached hydrogens (tertiary/aromatic N) is 1. The van der Waals surface area contributed by atoms with Crippen molar-refractivity contribution in [2.24, 2.45) is 0 Å². The molecule has 23 heavy (non-hydrogen) atoms. The molecule has 0 aromatic rings. The van der Waals surface area contributed by atoms with Crippen molar-refractivity contribution in [1.29, 1.82) is 0 Å². The largest absolute Gasteiger partial charge is 0.296 e. The first-order valence-corrected chi connectivity index (χ1v) is 10.5. The second-order valence-corrected chi connectivity index (χ2v) is 7.75. The Labute approximate surface area is 146 Å². The van der Waals surface area contributed by atoms with Crippen LogP contribution in [0.25, 0.3) is 0 Å². The molecule has 1 heterocycles. The van der Waals surface area contributed by atoms with Gasteiger partial charge in [0.15, 0.2) is 0 Å².